The van der Waals surface area contributed by atoms with Crippen LogP contribution in [0, 0.1) is 17.7 Å². The third kappa shape index (κ3) is 5.68. The van der Waals surface area contributed by atoms with Gasteiger partial charge in [0.05, 0.1) is 6.04 Å². The molecule has 2 fully saturated rings. The van der Waals surface area contributed by atoms with Gasteiger partial charge in [-0.3, -0.25) is 4.79 Å². The smallest absolute Gasteiger partial charge is 0.220 e. The largest absolute Gasteiger partial charge is 0.349 e. The van der Waals surface area contributed by atoms with Gasteiger partial charge in [-0.25, -0.2) is 4.39 Å². The molecule has 2 aliphatic rings. The van der Waals surface area contributed by atoms with Crippen molar-refractivity contribution in [3.05, 3.63) is 35.6 Å². The van der Waals surface area contributed by atoms with Crippen molar-refractivity contribution in [3.63, 3.8) is 0 Å². The topological polar surface area (TPSA) is 41.1 Å². The molecule has 25 heavy (non-hydrogen) atoms. The van der Waals surface area contributed by atoms with Crippen LogP contribution in [0.15, 0.2) is 24.3 Å². The fraction of sp³-hybridized carbons (Fsp3) is 0.650. The van der Waals surface area contributed by atoms with Crippen LogP contribution in [0.4, 0.5) is 4.39 Å². The molecule has 1 heterocycles. The summed E-state index contributed by atoms with van der Waals surface area (Å²) in [6.07, 6.45) is 8.34. The minimum Gasteiger partial charge on any atom is -0.349 e. The highest BCUT2D eigenvalue weighted by Crippen LogP contribution is 2.36. The Morgan fingerprint density at radius 2 is 1.84 bits per heavy atom. The van der Waals surface area contributed by atoms with Gasteiger partial charge in [0.25, 0.3) is 0 Å². The first-order valence-electron chi connectivity index (χ1n) is 9.48. The number of amides is 1. The summed E-state index contributed by atoms with van der Waals surface area (Å²) in [7, 11) is 0. The van der Waals surface area contributed by atoms with Crippen molar-refractivity contribution in [2.45, 2.75) is 57.4 Å². The molecule has 1 saturated carbocycles. The van der Waals surface area contributed by atoms with Crippen LogP contribution in [0.1, 0.15) is 63.0 Å². The second-order valence-corrected chi connectivity index (χ2v) is 7.34. The summed E-state index contributed by atoms with van der Waals surface area (Å²) in [5.41, 5.74) is 0.652. The highest BCUT2D eigenvalue weighted by Gasteiger charge is 2.29. The fourth-order valence-corrected chi connectivity index (χ4v) is 4.22. The zero-order valence-electron chi connectivity index (χ0n) is 14.8. The number of rotatable bonds is 6. The Morgan fingerprint density at radius 3 is 2.52 bits per heavy atom. The van der Waals surface area contributed by atoms with Crippen molar-refractivity contribution in [2.24, 2.45) is 11.8 Å². The van der Waals surface area contributed by atoms with E-state index in [0.29, 0.717) is 23.8 Å². The van der Waals surface area contributed by atoms with Crippen LogP contribution in [0.5, 0.6) is 0 Å². The zero-order chi connectivity index (χ0) is 16.8. The van der Waals surface area contributed by atoms with Crippen LogP contribution in [0.25, 0.3) is 0 Å². The number of carbonyl (C=O) groups excluding carboxylic acids is 1. The number of benzene rings is 1. The van der Waals surface area contributed by atoms with E-state index < -0.39 is 0 Å². The van der Waals surface area contributed by atoms with Crippen LogP contribution in [0.3, 0.4) is 0 Å². The average Bonchev–Trinajstić information content (AvgIpc) is 3.14. The van der Waals surface area contributed by atoms with Crippen LogP contribution in [0.2, 0.25) is 0 Å². The summed E-state index contributed by atoms with van der Waals surface area (Å²) >= 11 is 0. The molecule has 1 aromatic carbocycles. The maximum atomic E-state index is 14.3. The normalized spacial score (nSPS) is 20.0. The Morgan fingerprint density at radius 1 is 1.16 bits per heavy atom. The molecule has 1 aliphatic heterocycles. The molecule has 1 unspecified atom stereocenters. The van der Waals surface area contributed by atoms with E-state index in [1.165, 1.54) is 18.9 Å². The predicted molar refractivity (Wildman–Crippen MR) is 101 cm³/mol. The Kier molecular flexibility index (Phi) is 8.17. The molecule has 3 rings (SSSR count). The quantitative estimate of drug-likeness (QED) is 0.782. The molecule has 1 atom stereocenters. The predicted octanol–water partition coefficient (Wildman–Crippen LogP) is 4.37. The minimum atomic E-state index is -0.201. The molecule has 0 bridgehead atoms. The Labute approximate surface area is 156 Å². The molecule has 5 heteroatoms. The number of hydrogen-bond acceptors (Lipinski definition) is 2. The van der Waals surface area contributed by atoms with Crippen molar-refractivity contribution in [1.29, 1.82) is 0 Å². The van der Waals surface area contributed by atoms with Gasteiger partial charge in [-0.1, -0.05) is 31.0 Å². The molecule has 3 nitrogen and oxygen atoms in total. The van der Waals surface area contributed by atoms with Crippen molar-refractivity contribution in [2.75, 3.05) is 13.1 Å². The van der Waals surface area contributed by atoms with E-state index in [2.05, 4.69) is 10.6 Å². The van der Waals surface area contributed by atoms with Crippen molar-refractivity contribution in [3.8, 4) is 0 Å². The van der Waals surface area contributed by atoms with Crippen LogP contribution in [-0.4, -0.2) is 19.0 Å². The number of carbonyl (C=O) groups is 1. The summed E-state index contributed by atoms with van der Waals surface area (Å²) in [4.78, 5) is 12.5. The van der Waals surface area contributed by atoms with Gasteiger partial charge in [-0.2, -0.15) is 0 Å². The fourth-order valence-electron chi connectivity index (χ4n) is 4.22. The molecule has 1 amide bonds. The first kappa shape index (κ1) is 20.2. The Bertz CT molecular complexity index is 542. The molecule has 1 aliphatic carbocycles. The lowest BCUT2D eigenvalue weighted by atomic mass is 9.90. The molecule has 1 aromatic rings. The maximum absolute atomic E-state index is 14.3. The van der Waals surface area contributed by atoms with Crippen LogP contribution < -0.4 is 10.6 Å². The first-order chi connectivity index (χ1) is 11.7. The van der Waals surface area contributed by atoms with Gasteiger partial charge >= 0.3 is 0 Å². The SMILES string of the molecule is Cl.O=C(CCC1CCNCC1)NC(c1ccccc1F)C1CCCC1. The first-order valence-corrected chi connectivity index (χ1v) is 9.48. The second kappa shape index (κ2) is 10.1. The monoisotopic (exact) mass is 368 g/mol. The van der Waals surface area contributed by atoms with Crippen LogP contribution in [-0.2, 0) is 4.79 Å². The summed E-state index contributed by atoms with van der Waals surface area (Å²) in [6, 6.07) is 6.73. The maximum Gasteiger partial charge on any atom is 0.220 e. The van der Waals surface area contributed by atoms with E-state index in [1.54, 1.807) is 6.07 Å². The molecular weight excluding hydrogens is 339 g/mol. The molecule has 140 valence electrons. The van der Waals surface area contributed by atoms with E-state index in [9.17, 15) is 9.18 Å². The molecular formula is C20H30ClFN2O. The zero-order valence-corrected chi connectivity index (χ0v) is 15.6. The third-order valence-electron chi connectivity index (χ3n) is 5.67. The molecule has 2 N–H and O–H groups in total. The molecule has 0 spiro atoms. The number of hydrogen-bond donors (Lipinski definition) is 2. The van der Waals surface area contributed by atoms with Gasteiger partial charge in [0.2, 0.25) is 5.91 Å². The summed E-state index contributed by atoms with van der Waals surface area (Å²) in [6.45, 7) is 2.12. The summed E-state index contributed by atoms with van der Waals surface area (Å²) in [5.74, 6) is 0.891. The highest BCUT2D eigenvalue weighted by molar-refractivity contribution is 5.85. The average molecular weight is 369 g/mol. The van der Waals surface area contributed by atoms with E-state index in [4.69, 9.17) is 0 Å². The number of nitrogens with one attached hydrogen (secondary N) is 2. The molecule has 0 aromatic heterocycles. The lowest BCUT2D eigenvalue weighted by Crippen LogP contribution is -2.34. The minimum absolute atomic E-state index is 0. The van der Waals surface area contributed by atoms with Gasteiger partial charge < -0.3 is 10.6 Å². The summed E-state index contributed by atoms with van der Waals surface area (Å²) < 4.78 is 14.3. The standard InChI is InChI=1S/C20H29FN2O.ClH/c21-18-8-4-3-7-17(18)20(16-5-1-2-6-16)23-19(24)10-9-15-11-13-22-14-12-15;/h3-4,7-8,15-16,20,22H,1-2,5-6,9-14H2,(H,23,24);1H. The lowest BCUT2D eigenvalue weighted by molar-refractivity contribution is -0.122. The van der Waals surface area contributed by atoms with Crippen molar-refractivity contribution in [1.82, 2.24) is 10.6 Å². The van der Waals surface area contributed by atoms with Crippen LogP contribution >= 0.6 is 12.4 Å². The third-order valence-corrected chi connectivity index (χ3v) is 5.67. The van der Waals surface area contributed by atoms with Gasteiger partial charge in [0.15, 0.2) is 0 Å². The van der Waals surface area contributed by atoms with E-state index in [1.807, 2.05) is 12.1 Å². The van der Waals surface area contributed by atoms with E-state index in [-0.39, 0.29) is 30.2 Å². The van der Waals surface area contributed by atoms with Crippen molar-refractivity contribution < 1.29 is 9.18 Å². The molecule has 0 radical (unpaired) electrons. The lowest BCUT2D eigenvalue weighted by Gasteiger charge is -2.27. The van der Waals surface area contributed by atoms with Gasteiger partial charge in [0, 0.05) is 12.0 Å². The van der Waals surface area contributed by atoms with E-state index in [0.717, 1.165) is 45.2 Å². The van der Waals surface area contributed by atoms with Gasteiger partial charge in [-0.05, 0) is 63.1 Å². The van der Waals surface area contributed by atoms with Gasteiger partial charge in [0.1, 0.15) is 5.82 Å². The Balaban J connectivity index is 0.00000225. The van der Waals surface area contributed by atoms with E-state index >= 15 is 0 Å². The Hall–Kier alpha value is -1.13. The second-order valence-electron chi connectivity index (χ2n) is 7.34. The molecule has 1 saturated heterocycles. The number of piperidine rings is 1. The number of halogens is 2. The van der Waals surface area contributed by atoms with Crippen molar-refractivity contribution >= 4 is 18.3 Å². The van der Waals surface area contributed by atoms with Gasteiger partial charge in [-0.15, -0.1) is 12.4 Å². The summed E-state index contributed by atoms with van der Waals surface area (Å²) in [5, 5.41) is 6.52. The highest BCUT2D eigenvalue weighted by atomic mass is 35.5.